The van der Waals surface area contributed by atoms with Crippen LogP contribution in [0.5, 0.6) is 0 Å². The van der Waals surface area contributed by atoms with Crippen LogP contribution in [0.2, 0.25) is 0 Å². The molecule has 0 spiro atoms. The number of hydrogen-bond acceptors (Lipinski definition) is 4. The van der Waals surface area contributed by atoms with E-state index in [4.69, 9.17) is 27.9 Å². The van der Waals surface area contributed by atoms with E-state index >= 15 is 0 Å². The molecule has 0 bridgehead atoms. The Balaban J connectivity index is 0.00000253. The number of benzene rings is 1. The Morgan fingerprint density at radius 3 is 2.44 bits per heavy atom. The number of rotatable bonds is 10. The number of nitrogens with one attached hydrogen (secondary N) is 1. The second kappa shape index (κ2) is 12.6. The molecule has 232 valence electrons. The number of carbonyl (C=O) groups excluding carboxylic acids is 2. The van der Waals surface area contributed by atoms with E-state index in [1.54, 1.807) is 0 Å². The summed E-state index contributed by atoms with van der Waals surface area (Å²) in [6, 6.07) is 8.53. The fourth-order valence-electron chi connectivity index (χ4n) is 9.49. The van der Waals surface area contributed by atoms with E-state index in [9.17, 15) is 9.59 Å². The maximum Gasteiger partial charge on any atom is 0.306 e. The molecular weight excluding hydrogens is 555 g/mol. The molecule has 1 aliphatic heterocycles. The lowest BCUT2D eigenvalue weighted by Crippen LogP contribution is -2.65. The van der Waals surface area contributed by atoms with Crippen LogP contribution < -0.4 is 10.2 Å². The number of piperidine rings is 1. The monoisotopic (exact) mass is 608 g/mol. The van der Waals surface area contributed by atoms with Crippen molar-refractivity contribution in [3.63, 3.8) is 0 Å². The van der Waals surface area contributed by atoms with Crippen LogP contribution in [0.15, 0.2) is 24.3 Å². The first-order valence-corrected chi connectivity index (χ1v) is 17.1. The number of nitrogens with zero attached hydrogens (tertiary/aromatic N) is 1. The zero-order valence-corrected chi connectivity index (χ0v) is 26.9. The van der Waals surface area contributed by atoms with Crippen molar-refractivity contribution < 1.29 is 17.2 Å². The Labute approximate surface area is 260 Å². The molecule has 3 saturated carbocycles. The van der Waals surface area contributed by atoms with Gasteiger partial charge in [0, 0.05) is 51.8 Å². The lowest BCUT2D eigenvalue weighted by atomic mass is 9.40. The summed E-state index contributed by atoms with van der Waals surface area (Å²) in [5, 5.41) is 3.39. The Bertz CT molecular complexity index is 1090. The molecule has 5 nitrogen and oxygen atoms in total. The van der Waals surface area contributed by atoms with Gasteiger partial charge in [-0.2, -0.15) is 0 Å². The van der Waals surface area contributed by atoms with Crippen LogP contribution in [0.1, 0.15) is 99.8 Å². The number of hydrogen-bond donors (Lipinski definition) is 1. The average Bonchev–Trinajstić information content (AvgIpc) is 2.93. The van der Waals surface area contributed by atoms with Crippen molar-refractivity contribution in [1.82, 2.24) is 5.32 Å². The molecule has 7 atom stereocenters. The number of anilines is 1. The highest BCUT2D eigenvalue weighted by atomic mass is 35.5. The zero-order chi connectivity index (χ0) is 29.3. The summed E-state index contributed by atoms with van der Waals surface area (Å²) in [4.78, 5) is 27.3. The number of fused-ring (bicyclic) bond motifs is 5. The van der Waals surface area contributed by atoms with Gasteiger partial charge >= 0.3 is 5.97 Å². The number of amides is 1. The molecule has 1 aromatic rings. The van der Waals surface area contributed by atoms with Gasteiger partial charge in [0.2, 0.25) is 5.91 Å². The van der Waals surface area contributed by atoms with Crippen molar-refractivity contribution in [3.8, 4) is 0 Å². The summed E-state index contributed by atoms with van der Waals surface area (Å²) < 4.78 is 6.12. The second-order valence-electron chi connectivity index (χ2n) is 14.2. The molecule has 1 N–H and O–H groups in total. The van der Waals surface area contributed by atoms with Crippen LogP contribution in [0.3, 0.4) is 0 Å². The quantitative estimate of drug-likeness (QED) is 0.216. The van der Waals surface area contributed by atoms with E-state index in [0.29, 0.717) is 42.4 Å². The normalized spacial score (nSPS) is 36.4. The highest BCUT2D eigenvalue weighted by Gasteiger charge is 2.62. The summed E-state index contributed by atoms with van der Waals surface area (Å²) in [5.74, 6) is 3.33. The van der Waals surface area contributed by atoms with Crippen LogP contribution in [0, 0.1) is 28.6 Å². The summed E-state index contributed by atoms with van der Waals surface area (Å²) in [7, 11) is 0. The van der Waals surface area contributed by atoms with Crippen LogP contribution in [-0.4, -0.2) is 48.4 Å². The van der Waals surface area contributed by atoms with Gasteiger partial charge in [0.15, 0.2) is 0 Å². The maximum absolute atomic E-state index is 12.9. The number of halogens is 2. The van der Waals surface area contributed by atoms with E-state index in [2.05, 4.69) is 55.3 Å². The van der Waals surface area contributed by atoms with Crippen LogP contribution >= 0.6 is 23.2 Å². The van der Waals surface area contributed by atoms with Gasteiger partial charge in [-0.05, 0) is 117 Å². The predicted molar refractivity (Wildman–Crippen MR) is 172 cm³/mol. The van der Waals surface area contributed by atoms with E-state index in [0.717, 1.165) is 63.7 Å². The molecule has 4 aliphatic rings. The number of aryl methyl sites for hydroxylation is 1. The predicted octanol–water partition coefficient (Wildman–Crippen LogP) is 8.00. The van der Waals surface area contributed by atoms with Crippen molar-refractivity contribution in [2.45, 2.75) is 109 Å². The Morgan fingerprint density at radius 2 is 1.73 bits per heavy atom. The first-order chi connectivity index (χ1) is 19.6. The van der Waals surface area contributed by atoms with Crippen molar-refractivity contribution in [3.05, 3.63) is 29.8 Å². The molecule has 1 saturated heterocycles. The summed E-state index contributed by atoms with van der Waals surface area (Å²) in [5.41, 5.74) is 2.82. The van der Waals surface area contributed by atoms with Gasteiger partial charge in [0.1, 0.15) is 6.10 Å². The van der Waals surface area contributed by atoms with Gasteiger partial charge in [-0.15, -0.1) is 23.2 Å². The van der Waals surface area contributed by atoms with Gasteiger partial charge in [0.05, 0.1) is 0 Å². The first kappa shape index (κ1) is 31.0. The molecule has 0 radical (unpaired) electrons. The zero-order valence-electron chi connectivity index (χ0n) is 25.4. The number of esters is 1. The van der Waals surface area contributed by atoms with Gasteiger partial charge in [-0.25, -0.2) is 0 Å². The van der Waals surface area contributed by atoms with Crippen molar-refractivity contribution in [2.75, 3.05) is 29.7 Å². The Hall–Kier alpha value is -1.46. The fraction of sp³-hybridized carbons (Fsp3) is 0.765. The summed E-state index contributed by atoms with van der Waals surface area (Å²) >= 11 is 11.9. The Morgan fingerprint density at radius 1 is 1.00 bits per heavy atom. The van der Waals surface area contributed by atoms with Gasteiger partial charge < -0.3 is 15.0 Å². The van der Waals surface area contributed by atoms with Gasteiger partial charge in [0.25, 0.3) is 0 Å². The average molecular weight is 610 g/mol. The minimum atomic E-state index is -0.0470. The molecule has 3 unspecified atom stereocenters. The van der Waals surface area contributed by atoms with E-state index in [1.165, 1.54) is 24.8 Å². The summed E-state index contributed by atoms with van der Waals surface area (Å²) in [6.45, 7) is 8.87. The third-order valence-corrected chi connectivity index (χ3v) is 12.3. The molecule has 1 amide bonds. The van der Waals surface area contributed by atoms with Gasteiger partial charge in [-0.1, -0.05) is 26.0 Å². The summed E-state index contributed by atoms with van der Waals surface area (Å²) in [6.07, 6.45) is 11.7. The first-order valence-electron chi connectivity index (χ1n) is 16.1. The standard InChI is InChI=1S/C34H50Cl2N2O3.2H2/c1-32-16-14-27-28(15-18-34(3)29(27)11-12-30(39)37-34)33(32,2)17-13-26(23-32)41-31(40)6-4-5-24-7-9-25(10-8-24)38(21-19-35)22-20-36;;/h7-10,26-29H,4-6,11-23H2,1-3H3,(H,37,39);2*1H/t26-,27?,28?,29?,32+,33+,34-;;/m0../s1. The third kappa shape index (κ3) is 6.28. The molecule has 1 heterocycles. The highest BCUT2D eigenvalue weighted by molar-refractivity contribution is 6.18. The number of carbonyl (C=O) groups is 2. The second-order valence-corrected chi connectivity index (χ2v) is 14.9. The number of alkyl halides is 2. The van der Waals surface area contributed by atoms with E-state index < -0.39 is 0 Å². The topological polar surface area (TPSA) is 58.6 Å². The lowest BCUT2D eigenvalue weighted by Gasteiger charge is -2.66. The Kier molecular flexibility index (Phi) is 9.55. The lowest BCUT2D eigenvalue weighted by molar-refractivity contribution is -0.183. The number of ether oxygens (including phenoxy) is 1. The molecule has 7 heteroatoms. The maximum atomic E-state index is 12.9. The molecular formula is C34H54Cl2N2O3. The SMILES string of the molecule is C[C@]12CCC3C4CCC(=O)N[C@@]4(C)CCC3[C@@]1(C)CC[C@H](OC(=O)CCCc1ccc(N(CCCl)CCCl)cc1)C2.[HH].[HH]. The smallest absolute Gasteiger partial charge is 0.306 e. The minimum Gasteiger partial charge on any atom is -0.462 e. The fourth-order valence-corrected chi connectivity index (χ4v) is 9.90. The molecule has 4 fully saturated rings. The largest absolute Gasteiger partial charge is 0.462 e. The molecule has 5 rings (SSSR count). The van der Waals surface area contributed by atoms with Gasteiger partial charge in [-0.3, -0.25) is 9.59 Å². The molecule has 41 heavy (non-hydrogen) atoms. The van der Waals surface area contributed by atoms with Crippen molar-refractivity contribution >= 4 is 40.8 Å². The van der Waals surface area contributed by atoms with E-state index in [-0.39, 0.29) is 37.2 Å². The van der Waals surface area contributed by atoms with E-state index in [1.807, 2.05) is 0 Å². The molecule has 1 aromatic carbocycles. The van der Waals surface area contributed by atoms with Crippen molar-refractivity contribution in [2.24, 2.45) is 28.6 Å². The van der Waals surface area contributed by atoms with Crippen LogP contribution in [0.25, 0.3) is 0 Å². The van der Waals surface area contributed by atoms with Crippen LogP contribution in [-0.2, 0) is 20.7 Å². The highest BCUT2D eigenvalue weighted by Crippen LogP contribution is 2.67. The molecule has 3 aliphatic carbocycles. The van der Waals surface area contributed by atoms with Crippen molar-refractivity contribution in [1.29, 1.82) is 0 Å². The minimum absolute atomic E-state index is 0. The third-order valence-electron chi connectivity index (χ3n) is 12.0. The molecule has 0 aromatic heterocycles. The van der Waals surface area contributed by atoms with Crippen LogP contribution in [0.4, 0.5) is 5.69 Å².